The van der Waals surface area contributed by atoms with Crippen molar-refractivity contribution in [2.75, 3.05) is 33.3 Å². The monoisotopic (exact) mass is 484 g/mol. The summed E-state index contributed by atoms with van der Waals surface area (Å²) in [5, 5.41) is 9.06. The molecule has 5 rings (SSSR count). The highest BCUT2D eigenvalue weighted by Crippen LogP contribution is 2.33. The molecule has 0 radical (unpaired) electrons. The van der Waals surface area contributed by atoms with Crippen LogP contribution in [0.2, 0.25) is 0 Å². The summed E-state index contributed by atoms with van der Waals surface area (Å²) < 4.78 is 7.61. The fourth-order valence-corrected chi connectivity index (χ4v) is 5.08. The van der Waals surface area contributed by atoms with E-state index in [1.807, 2.05) is 39.9 Å². The number of hydrogen-bond acceptors (Lipinski definition) is 6. The number of rotatable bonds is 5. The minimum Gasteiger partial charge on any atom is -0.480 e. The van der Waals surface area contributed by atoms with Crippen molar-refractivity contribution in [1.29, 1.82) is 0 Å². The highest BCUT2D eigenvalue weighted by molar-refractivity contribution is 5.85. The van der Waals surface area contributed by atoms with Crippen molar-refractivity contribution >= 4 is 29.3 Å². The Bertz CT molecular complexity index is 1120. The first-order chi connectivity index (χ1) is 16.2. The van der Waals surface area contributed by atoms with Crippen molar-refractivity contribution in [1.82, 2.24) is 30.0 Å². The van der Waals surface area contributed by atoms with Gasteiger partial charge in [0.05, 0.1) is 18.5 Å². The van der Waals surface area contributed by atoms with Gasteiger partial charge in [0.1, 0.15) is 11.2 Å². The molecule has 34 heavy (non-hydrogen) atoms. The average molecular weight is 485 g/mol. The van der Waals surface area contributed by atoms with E-state index in [-0.39, 0.29) is 24.2 Å². The number of carbonyl (C=O) groups is 1. The molecule has 0 spiro atoms. The molecule has 2 saturated heterocycles. The number of nitrogens with one attached hydrogen (secondary N) is 1. The number of ether oxygens (including phenoxy) is 1. The van der Waals surface area contributed by atoms with Crippen LogP contribution in [0.3, 0.4) is 0 Å². The molecular formula is C25H33ClN6O2. The third kappa shape index (κ3) is 4.61. The molecule has 182 valence electrons. The number of aryl methyl sites for hydroxylation is 1. The summed E-state index contributed by atoms with van der Waals surface area (Å²) in [6.45, 7) is 5.48. The maximum Gasteiger partial charge on any atom is 0.228 e. The first kappa shape index (κ1) is 24.4. The maximum atomic E-state index is 12.9. The van der Waals surface area contributed by atoms with Crippen LogP contribution < -0.4 is 10.1 Å². The van der Waals surface area contributed by atoms with Gasteiger partial charge in [-0.05, 0) is 57.3 Å². The third-order valence-corrected chi connectivity index (χ3v) is 6.97. The van der Waals surface area contributed by atoms with Gasteiger partial charge in [-0.15, -0.1) is 12.4 Å². The lowest BCUT2D eigenvalue weighted by Crippen LogP contribution is -2.44. The number of fused-ring (bicyclic) bond motifs is 1. The number of para-hydroxylation sites is 1. The zero-order valence-corrected chi connectivity index (χ0v) is 20.7. The van der Waals surface area contributed by atoms with Crippen LogP contribution in [-0.4, -0.2) is 63.8 Å². The van der Waals surface area contributed by atoms with Crippen molar-refractivity contribution in [3.63, 3.8) is 0 Å². The highest BCUT2D eigenvalue weighted by atomic mass is 35.5. The van der Waals surface area contributed by atoms with Crippen LogP contribution in [0, 0.1) is 5.92 Å². The molecule has 2 aliphatic rings. The van der Waals surface area contributed by atoms with E-state index in [9.17, 15) is 4.79 Å². The highest BCUT2D eigenvalue weighted by Gasteiger charge is 2.31. The molecule has 0 bridgehead atoms. The summed E-state index contributed by atoms with van der Waals surface area (Å²) in [4.78, 5) is 24.8. The second kappa shape index (κ2) is 10.7. The predicted octanol–water partition coefficient (Wildman–Crippen LogP) is 3.51. The molecule has 1 amide bonds. The van der Waals surface area contributed by atoms with Crippen LogP contribution in [-0.2, 0) is 11.2 Å². The lowest BCUT2D eigenvalue weighted by molar-refractivity contribution is -0.137. The molecule has 0 atom stereocenters. The number of benzene rings is 1. The smallest absolute Gasteiger partial charge is 0.228 e. The lowest BCUT2D eigenvalue weighted by atomic mass is 9.92. The standard InChI is InChI=1S/C25H32N6O2.ClH/c1-3-20-21-23(31(29-20)19-7-5-4-6-8-19)27-22(28-24(21)33-2)17-11-15-30(16-12-17)25(32)18-9-13-26-14-10-18;/h4-8,17-18,26H,3,9-16H2,1-2H3;1H. The van der Waals surface area contributed by atoms with Gasteiger partial charge in [-0.2, -0.15) is 10.1 Å². The fourth-order valence-electron chi connectivity index (χ4n) is 5.08. The number of likely N-dealkylation sites (tertiary alicyclic amines) is 1. The number of carbonyl (C=O) groups excluding carboxylic acids is 1. The molecule has 8 nitrogen and oxygen atoms in total. The molecule has 1 aromatic carbocycles. The molecule has 2 fully saturated rings. The Labute approximate surface area is 206 Å². The van der Waals surface area contributed by atoms with Gasteiger partial charge in [0.25, 0.3) is 0 Å². The van der Waals surface area contributed by atoms with E-state index in [1.54, 1.807) is 7.11 Å². The van der Waals surface area contributed by atoms with Crippen molar-refractivity contribution < 1.29 is 9.53 Å². The van der Waals surface area contributed by atoms with Gasteiger partial charge in [-0.3, -0.25) is 4.79 Å². The van der Waals surface area contributed by atoms with Gasteiger partial charge >= 0.3 is 0 Å². The predicted molar refractivity (Wildman–Crippen MR) is 134 cm³/mol. The van der Waals surface area contributed by atoms with E-state index in [4.69, 9.17) is 19.8 Å². The molecule has 0 saturated carbocycles. The first-order valence-electron chi connectivity index (χ1n) is 12.1. The molecular weight excluding hydrogens is 452 g/mol. The van der Waals surface area contributed by atoms with Crippen LogP contribution in [0.5, 0.6) is 5.88 Å². The second-order valence-electron chi connectivity index (χ2n) is 8.96. The second-order valence-corrected chi connectivity index (χ2v) is 8.96. The van der Waals surface area contributed by atoms with E-state index in [0.717, 1.165) is 86.5 Å². The Balaban J connectivity index is 0.00000274. The molecule has 9 heteroatoms. The summed E-state index contributed by atoms with van der Waals surface area (Å²) in [7, 11) is 1.66. The molecule has 3 aromatic rings. The Morgan fingerprint density at radius 3 is 2.44 bits per heavy atom. The van der Waals surface area contributed by atoms with E-state index in [0.29, 0.717) is 11.8 Å². The Morgan fingerprint density at radius 2 is 1.79 bits per heavy atom. The summed E-state index contributed by atoms with van der Waals surface area (Å²) in [6, 6.07) is 10.1. The topological polar surface area (TPSA) is 85.2 Å². The maximum absolute atomic E-state index is 12.9. The van der Waals surface area contributed by atoms with Crippen molar-refractivity contribution in [2.24, 2.45) is 5.92 Å². The fraction of sp³-hybridized carbons (Fsp3) is 0.520. The molecule has 2 aliphatic heterocycles. The Kier molecular flexibility index (Phi) is 7.68. The summed E-state index contributed by atoms with van der Waals surface area (Å²) in [5.74, 6) is 2.06. The van der Waals surface area contributed by atoms with Gasteiger partial charge in [0.2, 0.25) is 11.8 Å². The van der Waals surface area contributed by atoms with Gasteiger partial charge < -0.3 is 15.0 Å². The van der Waals surface area contributed by atoms with E-state index >= 15 is 0 Å². The van der Waals surface area contributed by atoms with Crippen molar-refractivity contribution in [3.05, 3.63) is 41.9 Å². The number of methoxy groups -OCH3 is 1. The molecule has 0 unspecified atom stereocenters. The number of halogens is 1. The molecule has 0 aliphatic carbocycles. The van der Waals surface area contributed by atoms with Gasteiger partial charge in [-0.1, -0.05) is 25.1 Å². The van der Waals surface area contributed by atoms with Crippen LogP contribution in [0.1, 0.15) is 50.0 Å². The number of hydrogen-bond donors (Lipinski definition) is 1. The van der Waals surface area contributed by atoms with Crippen molar-refractivity contribution in [3.8, 4) is 11.6 Å². The van der Waals surface area contributed by atoms with Crippen LogP contribution >= 0.6 is 12.4 Å². The zero-order valence-electron chi connectivity index (χ0n) is 19.9. The van der Waals surface area contributed by atoms with E-state index < -0.39 is 0 Å². The Morgan fingerprint density at radius 1 is 1.09 bits per heavy atom. The summed E-state index contributed by atoms with van der Waals surface area (Å²) in [5.41, 5.74) is 2.68. The van der Waals surface area contributed by atoms with Crippen LogP contribution in [0.15, 0.2) is 30.3 Å². The van der Waals surface area contributed by atoms with Crippen LogP contribution in [0.25, 0.3) is 16.7 Å². The lowest BCUT2D eigenvalue weighted by Gasteiger charge is -2.34. The average Bonchev–Trinajstić information content (AvgIpc) is 3.27. The normalized spacial score (nSPS) is 17.5. The minimum atomic E-state index is 0. The Hall–Kier alpha value is -2.71. The molecule has 2 aromatic heterocycles. The van der Waals surface area contributed by atoms with Gasteiger partial charge in [-0.25, -0.2) is 9.67 Å². The SMILES string of the molecule is CCc1nn(-c2ccccc2)c2nc(C3CCN(C(=O)C4CCNCC4)CC3)nc(OC)c12.Cl. The molecule has 4 heterocycles. The zero-order chi connectivity index (χ0) is 22.8. The largest absolute Gasteiger partial charge is 0.480 e. The van der Waals surface area contributed by atoms with E-state index in [2.05, 4.69) is 12.2 Å². The van der Waals surface area contributed by atoms with Crippen LogP contribution in [0.4, 0.5) is 0 Å². The molecule has 1 N–H and O–H groups in total. The number of aromatic nitrogens is 4. The van der Waals surface area contributed by atoms with E-state index in [1.165, 1.54) is 0 Å². The minimum absolute atomic E-state index is 0. The first-order valence-corrected chi connectivity index (χ1v) is 12.1. The van der Waals surface area contributed by atoms with Gasteiger partial charge in [0, 0.05) is 24.9 Å². The quantitative estimate of drug-likeness (QED) is 0.596. The number of nitrogens with zero attached hydrogens (tertiary/aromatic N) is 5. The van der Waals surface area contributed by atoms with Gasteiger partial charge in [0.15, 0.2) is 5.65 Å². The van der Waals surface area contributed by atoms with Crippen molar-refractivity contribution in [2.45, 2.75) is 44.9 Å². The summed E-state index contributed by atoms with van der Waals surface area (Å²) in [6.07, 6.45) is 4.39. The number of amides is 1. The summed E-state index contributed by atoms with van der Waals surface area (Å²) >= 11 is 0. The number of piperidine rings is 2. The third-order valence-electron chi connectivity index (χ3n) is 6.97.